The van der Waals surface area contributed by atoms with Crippen molar-refractivity contribution in [3.8, 4) is 5.75 Å². The number of amidine groups is 1. The Morgan fingerprint density at radius 2 is 2.23 bits per heavy atom. The largest absolute Gasteiger partial charge is 0.496 e. The summed E-state index contributed by atoms with van der Waals surface area (Å²) in [6.07, 6.45) is 0. The highest BCUT2D eigenvalue weighted by Gasteiger charge is 2.03. The molecule has 0 bridgehead atoms. The summed E-state index contributed by atoms with van der Waals surface area (Å²) in [5, 5.41) is 5.73. The van der Waals surface area contributed by atoms with Gasteiger partial charge in [-0.25, -0.2) is 0 Å². The Balaban J connectivity index is 2.69. The number of rotatable bonds is 3. The second-order valence-corrected chi connectivity index (χ2v) is 3.55. The molecule has 0 spiro atoms. The van der Waals surface area contributed by atoms with E-state index in [0.717, 1.165) is 17.1 Å². The van der Waals surface area contributed by atoms with E-state index in [0.29, 0.717) is 5.17 Å². The SMILES string of the molecule is COc1ccccc1CSC(N)=[NH2+]. The van der Waals surface area contributed by atoms with Crippen LogP contribution in [0, 0.1) is 0 Å². The number of hydrogen-bond donors (Lipinski definition) is 2. The maximum atomic E-state index is 5.35. The minimum atomic E-state index is 0.380. The van der Waals surface area contributed by atoms with E-state index < -0.39 is 0 Å². The minimum absolute atomic E-state index is 0.380. The van der Waals surface area contributed by atoms with Crippen molar-refractivity contribution in [2.45, 2.75) is 5.75 Å². The van der Waals surface area contributed by atoms with Crippen LogP contribution in [0.25, 0.3) is 0 Å². The summed E-state index contributed by atoms with van der Waals surface area (Å²) in [7, 11) is 1.65. The van der Waals surface area contributed by atoms with Gasteiger partial charge in [0, 0.05) is 11.3 Å². The number of benzene rings is 1. The molecule has 0 radical (unpaired) electrons. The fourth-order valence-electron chi connectivity index (χ4n) is 0.983. The van der Waals surface area contributed by atoms with Crippen LogP contribution >= 0.6 is 11.8 Å². The van der Waals surface area contributed by atoms with E-state index in [2.05, 4.69) is 0 Å². The van der Waals surface area contributed by atoms with E-state index in [4.69, 9.17) is 15.9 Å². The van der Waals surface area contributed by atoms with Gasteiger partial charge in [-0.3, -0.25) is 11.1 Å². The van der Waals surface area contributed by atoms with Gasteiger partial charge in [0.15, 0.2) is 0 Å². The zero-order chi connectivity index (χ0) is 9.68. The van der Waals surface area contributed by atoms with Gasteiger partial charge in [0.05, 0.1) is 7.11 Å². The van der Waals surface area contributed by atoms with E-state index in [9.17, 15) is 0 Å². The standard InChI is InChI=1S/C9H12N2OS/c1-12-8-5-3-2-4-7(8)6-13-9(10)11/h2-5H,6H2,1H3,(H3,10,11)/p+1. The first-order valence-electron chi connectivity index (χ1n) is 3.86. The van der Waals surface area contributed by atoms with Crippen LogP contribution in [0.3, 0.4) is 0 Å². The Bertz CT molecular complexity index is 301. The summed E-state index contributed by atoms with van der Waals surface area (Å²) in [5.41, 5.74) is 6.45. The molecule has 3 nitrogen and oxygen atoms in total. The van der Waals surface area contributed by atoms with Gasteiger partial charge < -0.3 is 4.74 Å². The van der Waals surface area contributed by atoms with Gasteiger partial charge in [0.25, 0.3) is 5.17 Å². The zero-order valence-electron chi connectivity index (χ0n) is 7.49. The number of nitrogens with two attached hydrogens (primary N) is 2. The molecule has 0 aliphatic rings. The first kappa shape index (κ1) is 9.92. The van der Waals surface area contributed by atoms with Crippen LogP contribution in [-0.4, -0.2) is 12.3 Å². The van der Waals surface area contributed by atoms with Gasteiger partial charge in [-0.2, -0.15) is 0 Å². The second-order valence-electron chi connectivity index (χ2n) is 2.50. The van der Waals surface area contributed by atoms with Crippen molar-refractivity contribution < 1.29 is 10.1 Å². The Morgan fingerprint density at radius 1 is 1.54 bits per heavy atom. The van der Waals surface area contributed by atoms with E-state index in [1.807, 2.05) is 24.3 Å². The van der Waals surface area contributed by atoms with Crippen molar-refractivity contribution in [1.82, 2.24) is 0 Å². The first-order valence-corrected chi connectivity index (χ1v) is 4.85. The van der Waals surface area contributed by atoms with Gasteiger partial charge in [-0.1, -0.05) is 18.2 Å². The van der Waals surface area contributed by atoms with Crippen molar-refractivity contribution in [2.75, 3.05) is 7.11 Å². The lowest BCUT2D eigenvalue weighted by Gasteiger charge is -2.05. The van der Waals surface area contributed by atoms with Gasteiger partial charge in [0.1, 0.15) is 5.75 Å². The Hall–Kier alpha value is -1.16. The van der Waals surface area contributed by atoms with E-state index in [-0.39, 0.29) is 0 Å². The van der Waals surface area contributed by atoms with Crippen LogP contribution < -0.4 is 15.9 Å². The number of para-hydroxylation sites is 1. The lowest BCUT2D eigenvalue weighted by molar-refractivity contribution is -0.110. The van der Waals surface area contributed by atoms with Crippen molar-refractivity contribution in [2.24, 2.45) is 5.73 Å². The van der Waals surface area contributed by atoms with Crippen LogP contribution in [0.5, 0.6) is 5.75 Å². The molecule has 0 aromatic heterocycles. The lowest BCUT2D eigenvalue weighted by Crippen LogP contribution is -2.43. The smallest absolute Gasteiger partial charge is 0.300 e. The third kappa shape index (κ3) is 2.99. The molecule has 0 aliphatic carbocycles. The van der Waals surface area contributed by atoms with Crippen molar-refractivity contribution in [3.63, 3.8) is 0 Å². The fraction of sp³-hybridized carbons (Fsp3) is 0.222. The van der Waals surface area contributed by atoms with Crippen LogP contribution in [-0.2, 0) is 5.75 Å². The molecule has 70 valence electrons. The Labute approximate surface area is 81.8 Å². The molecular formula is C9H13N2OS+. The van der Waals surface area contributed by atoms with Crippen LogP contribution in [0.1, 0.15) is 5.56 Å². The third-order valence-corrected chi connectivity index (χ3v) is 2.38. The number of thioether (sulfide) groups is 1. The molecule has 1 aromatic carbocycles. The lowest BCUT2D eigenvalue weighted by atomic mass is 10.2. The Kier molecular flexibility index (Phi) is 3.64. The van der Waals surface area contributed by atoms with Crippen molar-refractivity contribution >= 4 is 16.9 Å². The molecule has 0 unspecified atom stereocenters. The molecule has 0 atom stereocenters. The predicted octanol–water partition coefficient (Wildman–Crippen LogP) is 0.00220. The highest BCUT2D eigenvalue weighted by atomic mass is 32.2. The van der Waals surface area contributed by atoms with Gasteiger partial charge >= 0.3 is 0 Å². The van der Waals surface area contributed by atoms with Gasteiger partial charge in [-0.15, -0.1) is 0 Å². The molecule has 1 rings (SSSR count). The van der Waals surface area contributed by atoms with E-state index in [1.54, 1.807) is 7.11 Å². The second kappa shape index (κ2) is 4.77. The number of methoxy groups -OCH3 is 1. The van der Waals surface area contributed by atoms with Gasteiger partial charge in [0.2, 0.25) is 0 Å². The fourth-order valence-corrected chi connectivity index (χ4v) is 1.54. The molecule has 1 aromatic rings. The molecule has 0 fully saturated rings. The minimum Gasteiger partial charge on any atom is -0.496 e. The van der Waals surface area contributed by atoms with Gasteiger partial charge in [-0.05, 0) is 17.8 Å². The van der Waals surface area contributed by atoms with Crippen molar-refractivity contribution in [3.05, 3.63) is 29.8 Å². The molecular weight excluding hydrogens is 184 g/mol. The average Bonchev–Trinajstić information content (AvgIpc) is 2.15. The highest BCUT2D eigenvalue weighted by molar-refractivity contribution is 8.12. The number of ether oxygens (including phenoxy) is 1. The maximum absolute atomic E-state index is 5.35. The average molecular weight is 197 g/mol. The molecule has 4 N–H and O–H groups in total. The van der Waals surface area contributed by atoms with Crippen LogP contribution in [0.2, 0.25) is 0 Å². The summed E-state index contributed by atoms with van der Waals surface area (Å²) < 4.78 is 5.17. The molecule has 0 saturated heterocycles. The summed E-state index contributed by atoms with van der Waals surface area (Å²) >= 11 is 1.41. The normalized spacial score (nSPS) is 9.62. The summed E-state index contributed by atoms with van der Waals surface area (Å²) in [5.74, 6) is 1.61. The summed E-state index contributed by atoms with van der Waals surface area (Å²) in [4.78, 5) is 0. The quantitative estimate of drug-likeness (QED) is 0.530. The summed E-state index contributed by atoms with van der Waals surface area (Å²) in [6, 6.07) is 7.81. The molecule has 4 heteroatoms. The molecule has 0 aliphatic heterocycles. The topological polar surface area (TPSA) is 60.8 Å². The molecule has 0 saturated carbocycles. The highest BCUT2D eigenvalue weighted by Crippen LogP contribution is 2.21. The summed E-state index contributed by atoms with van der Waals surface area (Å²) in [6.45, 7) is 0. The maximum Gasteiger partial charge on any atom is 0.300 e. The van der Waals surface area contributed by atoms with Crippen LogP contribution in [0.15, 0.2) is 24.3 Å². The monoisotopic (exact) mass is 197 g/mol. The molecule has 0 amide bonds. The third-order valence-electron chi connectivity index (χ3n) is 1.59. The molecule has 13 heavy (non-hydrogen) atoms. The zero-order valence-corrected chi connectivity index (χ0v) is 8.30. The Morgan fingerprint density at radius 3 is 2.85 bits per heavy atom. The van der Waals surface area contributed by atoms with Crippen LogP contribution in [0.4, 0.5) is 0 Å². The first-order chi connectivity index (χ1) is 6.24. The number of hydrogen-bond acceptors (Lipinski definition) is 2. The van der Waals surface area contributed by atoms with E-state index in [1.165, 1.54) is 11.8 Å². The van der Waals surface area contributed by atoms with E-state index >= 15 is 0 Å². The predicted molar refractivity (Wildman–Crippen MR) is 55.4 cm³/mol. The molecule has 0 heterocycles. The van der Waals surface area contributed by atoms with Crippen molar-refractivity contribution in [1.29, 1.82) is 0 Å².